The summed E-state index contributed by atoms with van der Waals surface area (Å²) in [7, 11) is 0. The Balaban J connectivity index is 1.80. The maximum absolute atomic E-state index is 12.3. The van der Waals surface area contributed by atoms with Crippen molar-refractivity contribution in [1.29, 1.82) is 0 Å². The molecule has 1 N–H and O–H groups in total. The summed E-state index contributed by atoms with van der Waals surface area (Å²) in [6.07, 6.45) is 7.02. The van der Waals surface area contributed by atoms with Crippen LogP contribution < -0.4 is 5.32 Å². The van der Waals surface area contributed by atoms with Crippen LogP contribution in [0, 0.1) is 13.8 Å². The van der Waals surface area contributed by atoms with Crippen molar-refractivity contribution in [3.8, 4) is 0 Å². The van der Waals surface area contributed by atoms with Crippen LogP contribution in [0.4, 0.5) is 0 Å². The molecule has 3 aromatic rings. The molecule has 21 heavy (non-hydrogen) atoms. The molecule has 1 amide bonds. The topological polar surface area (TPSA) is 59.3 Å². The number of aromatic nitrogens is 3. The van der Waals surface area contributed by atoms with Crippen LogP contribution in [0.25, 0.3) is 5.52 Å². The molecule has 3 heterocycles. The molecule has 0 spiro atoms. The number of fused-ring (bicyclic) bond motifs is 1. The van der Waals surface area contributed by atoms with Gasteiger partial charge in [-0.3, -0.25) is 9.78 Å². The first kappa shape index (κ1) is 13.3. The van der Waals surface area contributed by atoms with Gasteiger partial charge in [-0.2, -0.15) is 5.10 Å². The highest BCUT2D eigenvalue weighted by Gasteiger charge is 2.12. The lowest BCUT2D eigenvalue weighted by molar-refractivity contribution is 0.0952. The summed E-state index contributed by atoms with van der Waals surface area (Å²) in [5.74, 6) is -0.120. The number of pyridine rings is 2. The van der Waals surface area contributed by atoms with Gasteiger partial charge in [0.05, 0.1) is 17.3 Å². The number of rotatable bonds is 3. The van der Waals surface area contributed by atoms with Gasteiger partial charge < -0.3 is 5.32 Å². The Bertz CT molecular complexity index is 807. The van der Waals surface area contributed by atoms with E-state index in [2.05, 4.69) is 15.4 Å². The van der Waals surface area contributed by atoms with E-state index in [4.69, 9.17) is 0 Å². The Labute approximate surface area is 122 Å². The number of hydrogen-bond donors (Lipinski definition) is 1. The first-order valence-electron chi connectivity index (χ1n) is 6.77. The summed E-state index contributed by atoms with van der Waals surface area (Å²) in [6.45, 7) is 4.45. The van der Waals surface area contributed by atoms with Crippen LogP contribution in [0.15, 0.2) is 43.0 Å². The number of nitrogens with one attached hydrogen (secondary N) is 1. The minimum absolute atomic E-state index is 0.120. The van der Waals surface area contributed by atoms with E-state index >= 15 is 0 Å². The van der Waals surface area contributed by atoms with Gasteiger partial charge in [0.25, 0.3) is 5.91 Å². The molecule has 0 saturated carbocycles. The number of carbonyl (C=O) groups excluding carboxylic acids is 1. The van der Waals surface area contributed by atoms with Gasteiger partial charge in [-0.05, 0) is 42.7 Å². The Morgan fingerprint density at radius 3 is 2.90 bits per heavy atom. The predicted molar refractivity (Wildman–Crippen MR) is 80.1 cm³/mol. The predicted octanol–water partition coefficient (Wildman–Crippen LogP) is 2.28. The molecule has 0 fully saturated rings. The second-order valence-electron chi connectivity index (χ2n) is 5.08. The number of aryl methyl sites for hydroxylation is 2. The SMILES string of the molecule is Cc1ccc2c(C(=O)NCc3ccncc3C)cnn2c1. The maximum atomic E-state index is 12.3. The first-order valence-corrected chi connectivity index (χ1v) is 6.77. The normalized spacial score (nSPS) is 10.8. The molecule has 0 aromatic carbocycles. The zero-order valence-corrected chi connectivity index (χ0v) is 12.0. The molecular formula is C16H16N4O. The molecule has 0 bridgehead atoms. The van der Waals surface area contributed by atoms with E-state index in [1.807, 2.05) is 38.2 Å². The number of nitrogens with zero attached hydrogens (tertiary/aromatic N) is 3. The second kappa shape index (κ2) is 5.36. The number of amides is 1. The largest absolute Gasteiger partial charge is 0.348 e. The van der Waals surface area contributed by atoms with E-state index in [0.29, 0.717) is 12.1 Å². The Kier molecular flexibility index (Phi) is 3.39. The first-order chi connectivity index (χ1) is 10.1. The van der Waals surface area contributed by atoms with Gasteiger partial charge in [0, 0.05) is 25.1 Å². The molecule has 106 valence electrons. The van der Waals surface area contributed by atoms with Crippen molar-refractivity contribution in [2.24, 2.45) is 0 Å². The maximum Gasteiger partial charge on any atom is 0.255 e. The van der Waals surface area contributed by atoms with Crippen LogP contribution in [0.5, 0.6) is 0 Å². The van der Waals surface area contributed by atoms with Crippen LogP contribution >= 0.6 is 0 Å². The van der Waals surface area contributed by atoms with E-state index in [1.54, 1.807) is 23.1 Å². The van der Waals surface area contributed by atoms with Crippen molar-refractivity contribution >= 4 is 11.4 Å². The number of hydrogen-bond acceptors (Lipinski definition) is 3. The summed E-state index contributed by atoms with van der Waals surface area (Å²) < 4.78 is 1.72. The highest BCUT2D eigenvalue weighted by atomic mass is 16.1. The lowest BCUT2D eigenvalue weighted by atomic mass is 10.1. The van der Waals surface area contributed by atoms with Crippen molar-refractivity contribution < 1.29 is 4.79 Å². The minimum Gasteiger partial charge on any atom is -0.348 e. The molecule has 0 radical (unpaired) electrons. The van der Waals surface area contributed by atoms with Gasteiger partial charge in [0.1, 0.15) is 0 Å². The standard InChI is InChI=1S/C16H16N4O/c1-11-3-4-15-14(9-19-20(15)10-11)16(21)18-8-13-5-6-17-7-12(13)2/h3-7,9-10H,8H2,1-2H3,(H,18,21). The smallest absolute Gasteiger partial charge is 0.255 e. The van der Waals surface area contributed by atoms with E-state index in [-0.39, 0.29) is 5.91 Å². The van der Waals surface area contributed by atoms with E-state index in [1.165, 1.54) is 0 Å². The van der Waals surface area contributed by atoms with E-state index in [9.17, 15) is 4.79 Å². The lowest BCUT2D eigenvalue weighted by Gasteiger charge is -2.06. The molecule has 5 heteroatoms. The van der Waals surface area contributed by atoms with Crippen LogP contribution in [-0.2, 0) is 6.54 Å². The molecule has 3 rings (SSSR count). The average Bonchev–Trinajstić information content (AvgIpc) is 2.89. The monoisotopic (exact) mass is 280 g/mol. The van der Waals surface area contributed by atoms with Crippen molar-refractivity contribution in [1.82, 2.24) is 19.9 Å². The fourth-order valence-corrected chi connectivity index (χ4v) is 2.23. The Hall–Kier alpha value is -2.69. The van der Waals surface area contributed by atoms with Gasteiger partial charge in [0.15, 0.2) is 0 Å². The molecule has 0 atom stereocenters. The molecule has 0 aliphatic carbocycles. The summed E-state index contributed by atoms with van der Waals surface area (Å²) in [6, 6.07) is 5.80. The van der Waals surface area contributed by atoms with E-state index in [0.717, 1.165) is 22.2 Å². The Morgan fingerprint density at radius 2 is 2.10 bits per heavy atom. The molecular weight excluding hydrogens is 264 g/mol. The van der Waals surface area contributed by atoms with Gasteiger partial charge in [0.2, 0.25) is 0 Å². The lowest BCUT2D eigenvalue weighted by Crippen LogP contribution is -2.23. The second-order valence-corrected chi connectivity index (χ2v) is 5.08. The molecule has 0 saturated heterocycles. The molecule has 0 aliphatic rings. The number of carbonyl (C=O) groups is 1. The van der Waals surface area contributed by atoms with Crippen LogP contribution in [0.1, 0.15) is 27.0 Å². The molecule has 5 nitrogen and oxygen atoms in total. The summed E-state index contributed by atoms with van der Waals surface area (Å²) in [5.41, 5.74) is 4.62. The third-order valence-corrected chi connectivity index (χ3v) is 3.48. The van der Waals surface area contributed by atoms with Crippen molar-refractivity contribution in [2.75, 3.05) is 0 Å². The molecule has 0 aliphatic heterocycles. The minimum atomic E-state index is -0.120. The van der Waals surface area contributed by atoms with Gasteiger partial charge >= 0.3 is 0 Å². The zero-order valence-electron chi connectivity index (χ0n) is 12.0. The Morgan fingerprint density at radius 1 is 1.24 bits per heavy atom. The van der Waals surface area contributed by atoms with Crippen molar-refractivity contribution in [3.63, 3.8) is 0 Å². The van der Waals surface area contributed by atoms with Gasteiger partial charge in [-0.15, -0.1) is 0 Å². The van der Waals surface area contributed by atoms with E-state index < -0.39 is 0 Å². The molecule has 3 aromatic heterocycles. The summed E-state index contributed by atoms with van der Waals surface area (Å²) >= 11 is 0. The quantitative estimate of drug-likeness (QED) is 0.800. The highest BCUT2D eigenvalue weighted by Crippen LogP contribution is 2.12. The third kappa shape index (κ3) is 2.63. The summed E-state index contributed by atoms with van der Waals surface area (Å²) in [5, 5.41) is 7.15. The van der Waals surface area contributed by atoms with Crippen LogP contribution in [-0.4, -0.2) is 20.5 Å². The molecule has 0 unspecified atom stereocenters. The fourth-order valence-electron chi connectivity index (χ4n) is 2.23. The van der Waals surface area contributed by atoms with Crippen molar-refractivity contribution in [2.45, 2.75) is 20.4 Å². The van der Waals surface area contributed by atoms with Gasteiger partial charge in [-0.25, -0.2) is 4.52 Å². The average molecular weight is 280 g/mol. The zero-order chi connectivity index (χ0) is 14.8. The fraction of sp³-hybridized carbons (Fsp3) is 0.188. The van der Waals surface area contributed by atoms with Crippen molar-refractivity contribution in [3.05, 3.63) is 65.2 Å². The third-order valence-electron chi connectivity index (χ3n) is 3.48. The highest BCUT2D eigenvalue weighted by molar-refractivity contribution is 6.00. The van der Waals surface area contributed by atoms with Gasteiger partial charge in [-0.1, -0.05) is 6.07 Å². The van der Waals surface area contributed by atoms with Crippen LogP contribution in [0.2, 0.25) is 0 Å². The van der Waals surface area contributed by atoms with Crippen LogP contribution in [0.3, 0.4) is 0 Å². The summed E-state index contributed by atoms with van der Waals surface area (Å²) in [4.78, 5) is 16.4.